The molecule has 0 saturated carbocycles. The Bertz CT molecular complexity index is 953. The molecular formula is C20H15F2N3OS. The Hall–Kier alpha value is -2.93. The van der Waals surface area contributed by atoms with Gasteiger partial charge < -0.3 is 8.98 Å². The van der Waals surface area contributed by atoms with E-state index in [1.54, 1.807) is 36.9 Å². The van der Waals surface area contributed by atoms with Crippen molar-refractivity contribution < 1.29 is 13.2 Å². The summed E-state index contributed by atoms with van der Waals surface area (Å²) in [4.78, 5) is 0. The van der Waals surface area contributed by atoms with Crippen LogP contribution in [-0.2, 0) is 6.54 Å². The van der Waals surface area contributed by atoms with Crippen LogP contribution < -0.4 is 0 Å². The Morgan fingerprint density at radius 3 is 2.11 bits per heavy atom. The van der Waals surface area contributed by atoms with Crippen LogP contribution in [0.4, 0.5) is 8.78 Å². The molecule has 4 nitrogen and oxygen atoms in total. The molecule has 2 heterocycles. The number of thioether (sulfide) groups is 1. The molecular weight excluding hydrogens is 368 g/mol. The standard InChI is InChI=1S/C20H15F2N3OS/c21-16-7-3-14(4-8-16)19(15-5-9-17(22)10-6-15)27-20-24-23-13-25(20)12-18-2-1-11-26-18/h1-11,13,19H,12H2. The predicted molar refractivity (Wildman–Crippen MR) is 98.3 cm³/mol. The van der Waals surface area contributed by atoms with Gasteiger partial charge in [-0.05, 0) is 47.5 Å². The minimum absolute atomic E-state index is 0.189. The van der Waals surface area contributed by atoms with E-state index in [1.165, 1.54) is 36.0 Å². The summed E-state index contributed by atoms with van der Waals surface area (Å²) >= 11 is 1.46. The first-order valence-corrected chi connectivity index (χ1v) is 9.15. The van der Waals surface area contributed by atoms with E-state index < -0.39 is 0 Å². The van der Waals surface area contributed by atoms with Crippen LogP contribution in [0.15, 0.2) is 82.8 Å². The molecule has 7 heteroatoms. The average molecular weight is 383 g/mol. The molecule has 0 saturated heterocycles. The van der Waals surface area contributed by atoms with Crippen LogP contribution >= 0.6 is 11.8 Å². The van der Waals surface area contributed by atoms with Crippen molar-refractivity contribution in [3.63, 3.8) is 0 Å². The molecule has 4 aromatic rings. The van der Waals surface area contributed by atoms with Crippen molar-refractivity contribution in [1.29, 1.82) is 0 Å². The van der Waals surface area contributed by atoms with E-state index in [2.05, 4.69) is 10.2 Å². The average Bonchev–Trinajstić information content (AvgIpc) is 3.34. The van der Waals surface area contributed by atoms with Crippen molar-refractivity contribution >= 4 is 11.8 Å². The zero-order valence-electron chi connectivity index (χ0n) is 14.1. The van der Waals surface area contributed by atoms with Crippen molar-refractivity contribution in [2.24, 2.45) is 0 Å². The lowest BCUT2D eigenvalue weighted by atomic mass is 10.0. The summed E-state index contributed by atoms with van der Waals surface area (Å²) in [6, 6.07) is 16.3. The SMILES string of the molecule is Fc1ccc(C(Sc2nncn2Cc2ccco2)c2ccc(F)cc2)cc1. The maximum Gasteiger partial charge on any atom is 0.192 e. The number of furan rings is 1. The van der Waals surface area contributed by atoms with Gasteiger partial charge in [0.05, 0.1) is 18.1 Å². The van der Waals surface area contributed by atoms with Crippen molar-refractivity contribution in [1.82, 2.24) is 14.8 Å². The Morgan fingerprint density at radius 1 is 0.926 bits per heavy atom. The highest BCUT2D eigenvalue weighted by atomic mass is 32.2. The normalized spacial score (nSPS) is 11.2. The first-order chi connectivity index (χ1) is 13.2. The van der Waals surface area contributed by atoms with E-state index in [-0.39, 0.29) is 16.9 Å². The number of nitrogens with zero attached hydrogens (tertiary/aromatic N) is 3. The molecule has 0 N–H and O–H groups in total. The first-order valence-electron chi connectivity index (χ1n) is 8.27. The van der Waals surface area contributed by atoms with Crippen LogP contribution in [0.25, 0.3) is 0 Å². The van der Waals surface area contributed by atoms with Gasteiger partial charge in [-0.1, -0.05) is 36.0 Å². The fourth-order valence-corrected chi connectivity index (χ4v) is 3.86. The van der Waals surface area contributed by atoms with Crippen molar-refractivity contribution in [2.45, 2.75) is 17.0 Å². The molecule has 0 bridgehead atoms. The van der Waals surface area contributed by atoms with Crippen LogP contribution in [0.2, 0.25) is 0 Å². The molecule has 0 aliphatic rings. The van der Waals surface area contributed by atoms with Gasteiger partial charge in [-0.15, -0.1) is 10.2 Å². The maximum atomic E-state index is 13.4. The van der Waals surface area contributed by atoms with Crippen LogP contribution in [-0.4, -0.2) is 14.8 Å². The van der Waals surface area contributed by atoms with Crippen LogP contribution in [0.1, 0.15) is 22.1 Å². The molecule has 0 aliphatic heterocycles. The van der Waals surface area contributed by atoms with E-state index in [0.717, 1.165) is 16.9 Å². The molecule has 0 atom stereocenters. The van der Waals surface area contributed by atoms with Crippen molar-refractivity contribution in [3.8, 4) is 0 Å². The Labute approximate surface area is 158 Å². The van der Waals surface area contributed by atoms with Gasteiger partial charge in [0, 0.05) is 0 Å². The van der Waals surface area contributed by atoms with Crippen LogP contribution in [0.3, 0.4) is 0 Å². The van der Waals surface area contributed by atoms with E-state index in [0.29, 0.717) is 11.7 Å². The quantitative estimate of drug-likeness (QED) is 0.436. The third-order valence-electron chi connectivity index (χ3n) is 4.06. The van der Waals surface area contributed by atoms with E-state index in [9.17, 15) is 8.78 Å². The van der Waals surface area contributed by atoms with E-state index in [1.807, 2.05) is 16.7 Å². The number of benzene rings is 2. The fourth-order valence-electron chi connectivity index (χ4n) is 2.72. The molecule has 0 radical (unpaired) electrons. The number of rotatable bonds is 6. The summed E-state index contributed by atoms with van der Waals surface area (Å²) in [7, 11) is 0. The van der Waals surface area contributed by atoms with Gasteiger partial charge >= 0.3 is 0 Å². The topological polar surface area (TPSA) is 43.9 Å². The fraction of sp³-hybridized carbons (Fsp3) is 0.100. The number of hydrogen-bond acceptors (Lipinski definition) is 4. The van der Waals surface area contributed by atoms with Crippen molar-refractivity contribution in [2.75, 3.05) is 0 Å². The largest absolute Gasteiger partial charge is 0.467 e. The van der Waals surface area contributed by atoms with Crippen molar-refractivity contribution in [3.05, 3.63) is 102 Å². The minimum atomic E-state index is -0.303. The molecule has 0 fully saturated rings. The minimum Gasteiger partial charge on any atom is -0.467 e. The monoisotopic (exact) mass is 383 g/mol. The highest BCUT2D eigenvalue weighted by Crippen LogP contribution is 2.39. The third-order valence-corrected chi connectivity index (χ3v) is 5.36. The Balaban J connectivity index is 1.66. The lowest BCUT2D eigenvalue weighted by molar-refractivity contribution is 0.484. The van der Waals surface area contributed by atoms with E-state index >= 15 is 0 Å². The van der Waals surface area contributed by atoms with Gasteiger partial charge in [0.1, 0.15) is 23.7 Å². The summed E-state index contributed by atoms with van der Waals surface area (Å²) in [6.45, 7) is 0.502. The molecule has 0 aliphatic carbocycles. The summed E-state index contributed by atoms with van der Waals surface area (Å²) < 4.78 is 34.0. The van der Waals surface area contributed by atoms with Crippen LogP contribution in [0.5, 0.6) is 0 Å². The smallest absolute Gasteiger partial charge is 0.192 e. The lowest BCUT2D eigenvalue weighted by Crippen LogP contribution is -2.03. The molecule has 0 spiro atoms. The molecule has 2 aromatic heterocycles. The van der Waals surface area contributed by atoms with Gasteiger partial charge in [-0.3, -0.25) is 0 Å². The molecule has 136 valence electrons. The van der Waals surface area contributed by atoms with Gasteiger partial charge in [-0.2, -0.15) is 0 Å². The summed E-state index contributed by atoms with van der Waals surface area (Å²) in [6.07, 6.45) is 3.25. The first kappa shape index (κ1) is 17.5. The predicted octanol–water partition coefficient (Wildman–Crippen LogP) is 5.08. The van der Waals surface area contributed by atoms with Gasteiger partial charge in [0.25, 0.3) is 0 Å². The summed E-state index contributed by atoms with van der Waals surface area (Å²) in [5.74, 6) is 0.182. The Kier molecular flexibility index (Phi) is 5.02. The van der Waals surface area contributed by atoms with Gasteiger partial charge in [0.15, 0.2) is 5.16 Å². The number of halogens is 2. The highest BCUT2D eigenvalue weighted by Gasteiger charge is 2.20. The molecule has 0 amide bonds. The van der Waals surface area contributed by atoms with Crippen LogP contribution in [0, 0.1) is 11.6 Å². The Morgan fingerprint density at radius 2 is 1.56 bits per heavy atom. The maximum absolute atomic E-state index is 13.4. The van der Waals surface area contributed by atoms with Gasteiger partial charge in [0.2, 0.25) is 0 Å². The summed E-state index contributed by atoms with van der Waals surface area (Å²) in [5, 5.41) is 8.71. The molecule has 2 aromatic carbocycles. The number of aromatic nitrogens is 3. The highest BCUT2D eigenvalue weighted by molar-refractivity contribution is 7.99. The van der Waals surface area contributed by atoms with E-state index in [4.69, 9.17) is 4.42 Å². The lowest BCUT2D eigenvalue weighted by Gasteiger charge is -2.17. The second kappa shape index (κ2) is 7.75. The molecule has 27 heavy (non-hydrogen) atoms. The number of hydrogen-bond donors (Lipinski definition) is 0. The summed E-state index contributed by atoms with van der Waals surface area (Å²) in [5.41, 5.74) is 1.78. The molecule has 4 rings (SSSR count). The van der Waals surface area contributed by atoms with Gasteiger partial charge in [-0.25, -0.2) is 8.78 Å². The zero-order valence-corrected chi connectivity index (χ0v) is 14.9. The second-order valence-corrected chi connectivity index (χ2v) is 6.99. The molecule has 0 unspecified atom stereocenters. The second-order valence-electron chi connectivity index (χ2n) is 5.92. The third kappa shape index (κ3) is 4.09. The zero-order chi connectivity index (χ0) is 18.6.